The van der Waals surface area contributed by atoms with Gasteiger partial charge in [-0.05, 0) is 43.4 Å². The zero-order valence-electron chi connectivity index (χ0n) is 8.75. The number of aliphatic hydroxyl groups excluding tert-OH is 1. The Morgan fingerprint density at radius 2 is 1.79 bits per heavy atom. The molecule has 0 heterocycles. The lowest BCUT2D eigenvalue weighted by Crippen LogP contribution is -2.52. The topological polar surface area (TPSA) is 46.2 Å². The molecule has 1 aliphatic rings. The van der Waals surface area contributed by atoms with Gasteiger partial charge in [0.2, 0.25) is 0 Å². The first kappa shape index (κ1) is 9.69. The Labute approximate surface area is 84.7 Å². The molecule has 2 heteroatoms. The van der Waals surface area contributed by atoms with Gasteiger partial charge in [-0.3, -0.25) is 0 Å². The largest absolute Gasteiger partial charge is 0.393 e. The standard InChI is InChI=1S/C12H17NO/c1-8-4-3-5-9(2)11(8)12(13)6-10(14)7-12/h3-5,10,14H,6-7,13H2,1-2H3. The molecule has 1 aliphatic carbocycles. The number of hydrogen-bond donors (Lipinski definition) is 2. The van der Waals surface area contributed by atoms with Crippen LogP contribution in [0, 0.1) is 13.8 Å². The summed E-state index contributed by atoms with van der Waals surface area (Å²) in [6.07, 6.45) is 1.18. The van der Waals surface area contributed by atoms with Crippen molar-refractivity contribution >= 4 is 0 Å². The van der Waals surface area contributed by atoms with Crippen molar-refractivity contribution in [2.45, 2.75) is 38.3 Å². The predicted octanol–water partition coefficient (Wildman–Crippen LogP) is 1.61. The highest BCUT2D eigenvalue weighted by Crippen LogP contribution is 2.41. The lowest BCUT2D eigenvalue weighted by molar-refractivity contribution is 0.0204. The second-order valence-corrected chi connectivity index (χ2v) is 4.49. The van der Waals surface area contributed by atoms with Crippen LogP contribution in [0.1, 0.15) is 29.5 Å². The van der Waals surface area contributed by atoms with Gasteiger partial charge < -0.3 is 10.8 Å². The summed E-state index contributed by atoms with van der Waals surface area (Å²) in [6.45, 7) is 4.17. The van der Waals surface area contributed by atoms with Crippen LogP contribution in [0.4, 0.5) is 0 Å². The minimum absolute atomic E-state index is 0.209. The van der Waals surface area contributed by atoms with E-state index < -0.39 is 0 Å². The molecule has 1 saturated carbocycles. The van der Waals surface area contributed by atoms with E-state index in [0.717, 1.165) is 0 Å². The van der Waals surface area contributed by atoms with Crippen LogP contribution < -0.4 is 5.73 Å². The van der Waals surface area contributed by atoms with Crippen LogP contribution in [-0.2, 0) is 5.54 Å². The molecule has 0 aliphatic heterocycles. The van der Waals surface area contributed by atoms with Gasteiger partial charge in [0.25, 0.3) is 0 Å². The average molecular weight is 191 g/mol. The van der Waals surface area contributed by atoms with Gasteiger partial charge >= 0.3 is 0 Å². The normalized spacial score (nSPS) is 31.3. The first-order valence-electron chi connectivity index (χ1n) is 5.06. The summed E-state index contributed by atoms with van der Waals surface area (Å²) in [5, 5.41) is 9.35. The maximum Gasteiger partial charge on any atom is 0.0582 e. The van der Waals surface area contributed by atoms with Crippen molar-refractivity contribution in [3.8, 4) is 0 Å². The van der Waals surface area contributed by atoms with Crippen molar-refractivity contribution in [1.82, 2.24) is 0 Å². The highest BCUT2D eigenvalue weighted by molar-refractivity contribution is 5.41. The molecule has 0 aromatic heterocycles. The molecule has 14 heavy (non-hydrogen) atoms. The maximum atomic E-state index is 9.35. The molecular weight excluding hydrogens is 174 g/mol. The van der Waals surface area contributed by atoms with Gasteiger partial charge in [0.1, 0.15) is 0 Å². The number of benzene rings is 1. The fourth-order valence-corrected chi connectivity index (χ4v) is 2.59. The molecule has 0 bridgehead atoms. The number of aryl methyl sites for hydroxylation is 2. The SMILES string of the molecule is Cc1cccc(C)c1C1(N)CC(O)C1. The van der Waals surface area contributed by atoms with Crippen molar-refractivity contribution in [1.29, 1.82) is 0 Å². The fraction of sp³-hybridized carbons (Fsp3) is 0.500. The minimum atomic E-state index is -0.283. The highest BCUT2D eigenvalue weighted by atomic mass is 16.3. The Hall–Kier alpha value is -0.860. The van der Waals surface area contributed by atoms with Gasteiger partial charge in [-0.1, -0.05) is 18.2 Å². The average Bonchev–Trinajstić information content (AvgIpc) is 2.00. The molecule has 0 amide bonds. The van der Waals surface area contributed by atoms with E-state index >= 15 is 0 Å². The minimum Gasteiger partial charge on any atom is -0.393 e. The Kier molecular flexibility index (Phi) is 2.13. The third-order valence-electron chi connectivity index (χ3n) is 3.18. The van der Waals surface area contributed by atoms with Crippen LogP contribution in [0.2, 0.25) is 0 Å². The summed E-state index contributed by atoms with van der Waals surface area (Å²) in [7, 11) is 0. The molecular formula is C12H17NO. The Morgan fingerprint density at radius 3 is 2.21 bits per heavy atom. The van der Waals surface area contributed by atoms with Crippen LogP contribution in [-0.4, -0.2) is 11.2 Å². The zero-order chi connectivity index (χ0) is 10.3. The van der Waals surface area contributed by atoms with Crippen molar-refractivity contribution in [2.75, 3.05) is 0 Å². The molecule has 0 saturated heterocycles. The second kappa shape index (κ2) is 3.07. The van der Waals surface area contributed by atoms with E-state index in [4.69, 9.17) is 5.73 Å². The molecule has 1 aromatic carbocycles. The van der Waals surface area contributed by atoms with Crippen molar-refractivity contribution < 1.29 is 5.11 Å². The summed E-state index contributed by atoms with van der Waals surface area (Å²) < 4.78 is 0. The molecule has 3 N–H and O–H groups in total. The Bertz CT molecular complexity index is 333. The summed E-state index contributed by atoms with van der Waals surface area (Å²) in [5.41, 5.74) is 9.67. The summed E-state index contributed by atoms with van der Waals surface area (Å²) in [4.78, 5) is 0. The first-order valence-corrected chi connectivity index (χ1v) is 5.06. The number of nitrogens with two attached hydrogens (primary N) is 1. The van der Waals surface area contributed by atoms with Crippen molar-refractivity contribution in [2.24, 2.45) is 5.73 Å². The monoisotopic (exact) mass is 191 g/mol. The lowest BCUT2D eigenvalue weighted by atomic mass is 9.68. The molecule has 0 atom stereocenters. The lowest BCUT2D eigenvalue weighted by Gasteiger charge is -2.44. The van der Waals surface area contributed by atoms with E-state index in [1.807, 2.05) is 6.07 Å². The van der Waals surface area contributed by atoms with Crippen LogP contribution in [0.25, 0.3) is 0 Å². The van der Waals surface area contributed by atoms with E-state index in [2.05, 4.69) is 26.0 Å². The quantitative estimate of drug-likeness (QED) is 0.708. The van der Waals surface area contributed by atoms with Crippen molar-refractivity contribution in [3.63, 3.8) is 0 Å². The summed E-state index contributed by atoms with van der Waals surface area (Å²) in [6, 6.07) is 6.22. The molecule has 0 radical (unpaired) electrons. The highest BCUT2D eigenvalue weighted by Gasteiger charge is 2.42. The fourth-order valence-electron chi connectivity index (χ4n) is 2.59. The molecule has 2 nitrogen and oxygen atoms in total. The third kappa shape index (κ3) is 1.35. The van der Waals surface area contributed by atoms with E-state index in [9.17, 15) is 5.11 Å². The first-order chi connectivity index (χ1) is 6.53. The molecule has 1 aromatic rings. The molecule has 0 unspecified atom stereocenters. The van der Waals surface area contributed by atoms with Gasteiger partial charge in [-0.2, -0.15) is 0 Å². The number of hydrogen-bond acceptors (Lipinski definition) is 2. The third-order valence-corrected chi connectivity index (χ3v) is 3.18. The number of rotatable bonds is 1. The summed E-state index contributed by atoms with van der Waals surface area (Å²) >= 11 is 0. The van der Waals surface area contributed by atoms with Gasteiger partial charge in [0.05, 0.1) is 6.10 Å². The summed E-state index contributed by atoms with van der Waals surface area (Å²) in [5.74, 6) is 0. The van der Waals surface area contributed by atoms with Crippen LogP contribution in [0.3, 0.4) is 0 Å². The van der Waals surface area contributed by atoms with E-state index in [1.54, 1.807) is 0 Å². The molecule has 76 valence electrons. The van der Waals surface area contributed by atoms with Crippen molar-refractivity contribution in [3.05, 3.63) is 34.9 Å². The van der Waals surface area contributed by atoms with E-state index in [-0.39, 0.29) is 11.6 Å². The Balaban J connectivity index is 2.41. The maximum absolute atomic E-state index is 9.35. The molecule has 0 spiro atoms. The van der Waals surface area contributed by atoms with Gasteiger partial charge in [0.15, 0.2) is 0 Å². The second-order valence-electron chi connectivity index (χ2n) is 4.49. The predicted molar refractivity (Wildman–Crippen MR) is 57.0 cm³/mol. The smallest absolute Gasteiger partial charge is 0.0582 e. The van der Waals surface area contributed by atoms with Gasteiger partial charge in [-0.25, -0.2) is 0 Å². The molecule has 2 rings (SSSR count). The van der Waals surface area contributed by atoms with Crippen LogP contribution in [0.15, 0.2) is 18.2 Å². The van der Waals surface area contributed by atoms with Gasteiger partial charge in [0, 0.05) is 5.54 Å². The number of aliphatic hydroxyl groups is 1. The van der Waals surface area contributed by atoms with E-state index in [1.165, 1.54) is 16.7 Å². The zero-order valence-corrected chi connectivity index (χ0v) is 8.75. The van der Waals surface area contributed by atoms with Crippen LogP contribution >= 0.6 is 0 Å². The van der Waals surface area contributed by atoms with E-state index in [0.29, 0.717) is 12.8 Å². The Morgan fingerprint density at radius 1 is 1.29 bits per heavy atom. The molecule has 1 fully saturated rings. The van der Waals surface area contributed by atoms with Gasteiger partial charge in [-0.15, -0.1) is 0 Å². The van der Waals surface area contributed by atoms with Crippen LogP contribution in [0.5, 0.6) is 0 Å².